The van der Waals surface area contributed by atoms with Crippen LogP contribution in [0.4, 0.5) is 18.9 Å². The van der Waals surface area contributed by atoms with Gasteiger partial charge in [-0.05, 0) is 49.4 Å². The van der Waals surface area contributed by atoms with Crippen LogP contribution < -0.4 is 9.64 Å². The summed E-state index contributed by atoms with van der Waals surface area (Å²) in [5.74, 6) is -2.53. The van der Waals surface area contributed by atoms with Crippen LogP contribution in [0, 0.1) is 5.92 Å². The normalized spacial score (nSPS) is 22.7. The number of alkyl halides is 3. The van der Waals surface area contributed by atoms with Crippen LogP contribution in [-0.4, -0.2) is 46.2 Å². The number of carboxylic acids is 1. The van der Waals surface area contributed by atoms with Gasteiger partial charge in [-0.25, -0.2) is 0 Å². The van der Waals surface area contributed by atoms with E-state index in [-0.39, 0.29) is 48.4 Å². The smallest absolute Gasteiger partial charge is 0.481 e. The van der Waals surface area contributed by atoms with E-state index in [0.717, 1.165) is 37.3 Å². The molecule has 0 radical (unpaired) electrons. The Labute approximate surface area is 211 Å². The number of aliphatic carboxylic acids is 1. The molecular formula is C27H27F3N2O5. The van der Waals surface area contributed by atoms with Gasteiger partial charge in [-0.1, -0.05) is 36.8 Å². The summed E-state index contributed by atoms with van der Waals surface area (Å²) >= 11 is 0. The Bertz CT molecular complexity index is 1210. The van der Waals surface area contributed by atoms with Crippen molar-refractivity contribution in [2.45, 2.75) is 69.4 Å². The largest absolute Gasteiger partial charge is 0.573 e. The van der Waals surface area contributed by atoms with Gasteiger partial charge in [-0.3, -0.25) is 14.4 Å². The molecule has 1 heterocycles. The number of fused-ring (bicyclic) bond motifs is 2. The zero-order valence-electron chi connectivity index (χ0n) is 20.0. The Morgan fingerprint density at radius 1 is 0.973 bits per heavy atom. The number of ether oxygens (including phenoxy) is 1. The molecule has 2 aromatic carbocycles. The zero-order valence-corrected chi connectivity index (χ0v) is 20.0. The second-order valence-corrected chi connectivity index (χ2v) is 9.81. The molecule has 2 saturated carbocycles. The first-order valence-electron chi connectivity index (χ1n) is 12.5. The third-order valence-electron chi connectivity index (χ3n) is 7.43. The second-order valence-electron chi connectivity index (χ2n) is 9.81. The highest BCUT2D eigenvalue weighted by molar-refractivity contribution is 6.09. The number of halogens is 3. The van der Waals surface area contributed by atoms with Crippen LogP contribution in [0.5, 0.6) is 5.75 Å². The lowest BCUT2D eigenvalue weighted by Gasteiger charge is -2.48. The summed E-state index contributed by atoms with van der Waals surface area (Å²) in [7, 11) is 0. The van der Waals surface area contributed by atoms with Crippen LogP contribution in [0.15, 0.2) is 48.5 Å². The molecule has 2 fully saturated rings. The van der Waals surface area contributed by atoms with Crippen LogP contribution in [0.3, 0.4) is 0 Å². The van der Waals surface area contributed by atoms with Crippen molar-refractivity contribution in [2.75, 3.05) is 4.90 Å². The first kappa shape index (κ1) is 25.1. The summed E-state index contributed by atoms with van der Waals surface area (Å²) in [4.78, 5) is 41.7. The number of rotatable bonds is 7. The molecule has 0 bridgehead atoms. The molecule has 1 aliphatic heterocycles. The Morgan fingerprint density at radius 2 is 1.68 bits per heavy atom. The van der Waals surface area contributed by atoms with E-state index in [2.05, 4.69) is 4.74 Å². The number of carbonyl (C=O) groups is 3. The molecule has 2 aromatic rings. The minimum atomic E-state index is -4.95. The maximum Gasteiger partial charge on any atom is 0.573 e. The Balaban J connectivity index is 1.56. The van der Waals surface area contributed by atoms with Crippen molar-refractivity contribution < 1.29 is 37.4 Å². The average Bonchev–Trinajstić information content (AvgIpc) is 3.57. The standard InChI is InChI=1S/C27H27F3N2O5/c28-27(29,30)37-22-11-4-2-7-19(22)26(36)32-20-9-3-1-6-17(20)25(18-8-5-10-21(18)32)31(16-12-13-16)23(33)14-15-24(34)35/h1-4,6-7,9,11,16,18,21,25H,5,8,10,12-15H2,(H,34,35). The van der Waals surface area contributed by atoms with Crippen molar-refractivity contribution in [1.82, 2.24) is 4.90 Å². The first-order valence-corrected chi connectivity index (χ1v) is 12.5. The molecule has 0 saturated heterocycles. The van der Waals surface area contributed by atoms with Gasteiger partial charge in [0.05, 0.1) is 18.0 Å². The van der Waals surface area contributed by atoms with Gasteiger partial charge in [-0.2, -0.15) is 0 Å². The molecule has 3 unspecified atom stereocenters. The van der Waals surface area contributed by atoms with Crippen LogP contribution in [0.25, 0.3) is 0 Å². The Kier molecular flexibility index (Phi) is 6.59. The van der Waals surface area contributed by atoms with E-state index >= 15 is 0 Å². The highest BCUT2D eigenvalue weighted by atomic mass is 19.4. The number of hydrogen-bond donors (Lipinski definition) is 1. The van der Waals surface area contributed by atoms with Crippen LogP contribution >= 0.6 is 0 Å². The molecule has 3 aliphatic rings. The summed E-state index contributed by atoms with van der Waals surface area (Å²) in [5.41, 5.74) is 1.12. The molecule has 5 rings (SSSR count). The number of hydrogen-bond acceptors (Lipinski definition) is 4. The van der Waals surface area contributed by atoms with Crippen molar-refractivity contribution >= 4 is 23.5 Å². The number of carbonyl (C=O) groups excluding carboxylic acids is 2. The number of para-hydroxylation sites is 2. The van der Waals surface area contributed by atoms with Gasteiger partial charge in [0.15, 0.2) is 0 Å². The fraction of sp³-hybridized carbons (Fsp3) is 0.444. The second kappa shape index (κ2) is 9.72. The quantitative estimate of drug-likeness (QED) is 0.539. The van der Waals surface area contributed by atoms with E-state index < -0.39 is 24.0 Å². The van der Waals surface area contributed by atoms with Gasteiger partial charge in [0.1, 0.15) is 5.75 Å². The van der Waals surface area contributed by atoms with Gasteiger partial charge in [-0.15, -0.1) is 13.2 Å². The third kappa shape index (κ3) is 5.01. The van der Waals surface area contributed by atoms with Crippen LogP contribution in [-0.2, 0) is 9.59 Å². The van der Waals surface area contributed by atoms with Gasteiger partial charge in [0.25, 0.3) is 5.91 Å². The molecular weight excluding hydrogens is 489 g/mol. The maximum atomic E-state index is 13.9. The fourth-order valence-electron chi connectivity index (χ4n) is 5.91. The summed E-state index contributed by atoms with van der Waals surface area (Å²) in [6, 6.07) is 11.9. The number of carboxylic acid groups (broad SMARTS) is 1. The summed E-state index contributed by atoms with van der Waals surface area (Å²) in [5, 5.41) is 9.12. The van der Waals surface area contributed by atoms with E-state index in [4.69, 9.17) is 5.11 Å². The molecule has 0 aromatic heterocycles. The number of nitrogens with zero attached hydrogens (tertiary/aromatic N) is 2. The van der Waals surface area contributed by atoms with Crippen molar-refractivity contribution in [3.63, 3.8) is 0 Å². The van der Waals surface area contributed by atoms with Crippen molar-refractivity contribution in [3.05, 3.63) is 59.7 Å². The highest BCUT2D eigenvalue weighted by Gasteiger charge is 2.51. The van der Waals surface area contributed by atoms with E-state index in [1.807, 2.05) is 17.0 Å². The Morgan fingerprint density at radius 3 is 2.38 bits per heavy atom. The molecule has 7 nitrogen and oxygen atoms in total. The lowest BCUT2D eigenvalue weighted by molar-refractivity contribution is -0.274. The summed E-state index contributed by atoms with van der Waals surface area (Å²) < 4.78 is 43.4. The summed E-state index contributed by atoms with van der Waals surface area (Å²) in [6.07, 6.45) is -1.46. The third-order valence-corrected chi connectivity index (χ3v) is 7.43. The van der Waals surface area contributed by atoms with Crippen molar-refractivity contribution in [2.24, 2.45) is 5.92 Å². The van der Waals surface area contributed by atoms with Gasteiger partial charge >= 0.3 is 12.3 Å². The SMILES string of the molecule is O=C(O)CCC(=O)N(C1CC1)C1c2ccccc2N(C(=O)c2ccccc2OC(F)(F)F)C2CCCC21. The van der Waals surface area contributed by atoms with Gasteiger partial charge in [0, 0.05) is 30.1 Å². The molecule has 2 amide bonds. The average molecular weight is 517 g/mol. The topological polar surface area (TPSA) is 87.2 Å². The minimum absolute atomic E-state index is 0.0174. The number of amides is 2. The molecule has 2 aliphatic carbocycles. The lowest BCUT2D eigenvalue weighted by atomic mass is 9.81. The minimum Gasteiger partial charge on any atom is -0.481 e. The van der Waals surface area contributed by atoms with E-state index in [1.165, 1.54) is 18.2 Å². The molecule has 37 heavy (non-hydrogen) atoms. The van der Waals surface area contributed by atoms with Gasteiger partial charge in [0.2, 0.25) is 5.91 Å². The fourth-order valence-corrected chi connectivity index (χ4v) is 5.91. The summed E-state index contributed by atoms with van der Waals surface area (Å²) in [6.45, 7) is 0. The van der Waals surface area contributed by atoms with E-state index in [1.54, 1.807) is 17.0 Å². The number of anilines is 1. The number of benzene rings is 2. The molecule has 196 valence electrons. The van der Waals surface area contributed by atoms with Crippen molar-refractivity contribution in [3.8, 4) is 5.75 Å². The van der Waals surface area contributed by atoms with Crippen LogP contribution in [0.1, 0.15) is 66.9 Å². The van der Waals surface area contributed by atoms with E-state index in [9.17, 15) is 27.6 Å². The monoisotopic (exact) mass is 516 g/mol. The molecule has 1 N–H and O–H groups in total. The maximum absolute atomic E-state index is 13.9. The zero-order chi connectivity index (χ0) is 26.3. The van der Waals surface area contributed by atoms with E-state index in [0.29, 0.717) is 12.1 Å². The predicted octanol–water partition coefficient (Wildman–Crippen LogP) is 5.31. The Hall–Kier alpha value is -3.56. The van der Waals surface area contributed by atoms with Crippen LogP contribution in [0.2, 0.25) is 0 Å². The molecule has 0 spiro atoms. The molecule has 3 atom stereocenters. The predicted molar refractivity (Wildman–Crippen MR) is 127 cm³/mol. The lowest BCUT2D eigenvalue weighted by Crippen LogP contribution is -2.53. The van der Waals surface area contributed by atoms with Gasteiger partial charge < -0.3 is 19.6 Å². The molecule has 10 heteroatoms. The first-order chi connectivity index (χ1) is 17.7. The van der Waals surface area contributed by atoms with Crippen molar-refractivity contribution in [1.29, 1.82) is 0 Å². The highest BCUT2D eigenvalue weighted by Crippen LogP contribution is 2.53.